The average molecular weight is 300 g/mol. The molecule has 0 saturated heterocycles. The van der Waals surface area contributed by atoms with Crippen molar-refractivity contribution in [3.05, 3.63) is 28.5 Å². The van der Waals surface area contributed by atoms with Crippen LogP contribution >= 0.6 is 11.6 Å². The molecule has 0 radical (unpaired) electrons. The zero-order chi connectivity index (χ0) is 14.4. The van der Waals surface area contributed by atoms with Gasteiger partial charge in [-0.15, -0.1) is 0 Å². The molecule has 2 aromatic rings. The molecular formula is C11H10ClN3O3S. The average Bonchev–Trinajstić information content (AvgIpc) is 2.65. The molecule has 8 heteroatoms. The van der Waals surface area contributed by atoms with Gasteiger partial charge < -0.3 is 0 Å². The first-order valence-electron chi connectivity index (χ1n) is 5.34. The van der Waals surface area contributed by atoms with Crippen LogP contribution in [-0.4, -0.2) is 22.4 Å². The van der Waals surface area contributed by atoms with Crippen LogP contribution in [0.2, 0.25) is 5.02 Å². The third-order valence-corrected chi connectivity index (χ3v) is 3.80. The smallest absolute Gasteiger partial charge is 0.287 e. The van der Waals surface area contributed by atoms with Crippen LogP contribution in [0, 0.1) is 11.3 Å². The van der Waals surface area contributed by atoms with Crippen molar-refractivity contribution in [1.29, 1.82) is 5.26 Å². The summed E-state index contributed by atoms with van der Waals surface area (Å²) in [4.78, 5) is 4.14. The van der Waals surface area contributed by atoms with Crippen molar-refractivity contribution in [3.63, 3.8) is 0 Å². The maximum absolute atomic E-state index is 11.5. The van der Waals surface area contributed by atoms with Gasteiger partial charge in [0.05, 0.1) is 16.3 Å². The molecule has 2 heterocycles. The molecular weight excluding hydrogens is 290 g/mol. The van der Waals surface area contributed by atoms with Gasteiger partial charge in [-0.05, 0) is 5.92 Å². The van der Waals surface area contributed by atoms with Crippen LogP contribution in [0.3, 0.4) is 0 Å². The maximum Gasteiger partial charge on any atom is 0.312 e. The van der Waals surface area contributed by atoms with Gasteiger partial charge in [0.25, 0.3) is 0 Å². The molecule has 0 aliphatic rings. The second kappa shape index (κ2) is 4.49. The molecule has 19 heavy (non-hydrogen) atoms. The van der Waals surface area contributed by atoms with E-state index < -0.39 is 10.1 Å². The molecule has 6 nitrogen and oxygen atoms in total. The second-order valence-electron chi connectivity index (χ2n) is 4.31. The lowest BCUT2D eigenvalue weighted by molar-refractivity contribution is 0.476. The number of aromatic nitrogens is 2. The summed E-state index contributed by atoms with van der Waals surface area (Å²) in [6.45, 7) is 3.51. The van der Waals surface area contributed by atoms with Crippen LogP contribution in [0.25, 0.3) is 5.65 Å². The van der Waals surface area contributed by atoms with E-state index in [4.69, 9.17) is 16.9 Å². The molecule has 0 bridgehead atoms. The Labute approximate surface area is 115 Å². The van der Waals surface area contributed by atoms with E-state index >= 15 is 0 Å². The minimum atomic E-state index is -4.44. The van der Waals surface area contributed by atoms with Crippen molar-refractivity contribution in [2.45, 2.75) is 24.8 Å². The van der Waals surface area contributed by atoms with Gasteiger partial charge in [0.1, 0.15) is 11.7 Å². The Kier molecular flexibility index (Phi) is 3.26. The fourth-order valence-electron chi connectivity index (χ4n) is 1.78. The van der Waals surface area contributed by atoms with Crippen LogP contribution in [0.1, 0.15) is 31.0 Å². The van der Waals surface area contributed by atoms with Gasteiger partial charge in [0, 0.05) is 12.3 Å². The fraction of sp³-hybridized carbons (Fsp3) is 0.273. The van der Waals surface area contributed by atoms with Gasteiger partial charge in [-0.1, -0.05) is 25.4 Å². The third-order valence-electron chi connectivity index (χ3n) is 2.60. The minimum absolute atomic E-state index is 0.0904. The lowest BCUT2D eigenvalue weighted by Gasteiger charge is -2.04. The molecule has 0 amide bonds. The van der Waals surface area contributed by atoms with Crippen molar-refractivity contribution in [3.8, 4) is 6.07 Å². The van der Waals surface area contributed by atoms with E-state index in [1.165, 1.54) is 16.7 Å². The van der Waals surface area contributed by atoms with Crippen LogP contribution in [0.5, 0.6) is 0 Å². The number of halogens is 1. The molecule has 100 valence electrons. The lowest BCUT2D eigenvalue weighted by atomic mass is 10.2. The number of imidazole rings is 1. The predicted octanol–water partition coefficient (Wildman–Crippen LogP) is 2.23. The number of rotatable bonds is 2. The normalized spacial score (nSPS) is 12.0. The van der Waals surface area contributed by atoms with E-state index in [0.29, 0.717) is 0 Å². The summed E-state index contributed by atoms with van der Waals surface area (Å²) in [5, 5.41) is 8.66. The summed E-state index contributed by atoms with van der Waals surface area (Å²) < 4.78 is 33.5. The van der Waals surface area contributed by atoms with E-state index in [0.717, 1.165) is 0 Å². The number of nitriles is 1. The Morgan fingerprint density at radius 2 is 2.16 bits per heavy atom. The lowest BCUT2D eigenvalue weighted by Crippen LogP contribution is -2.07. The second-order valence-corrected chi connectivity index (χ2v) is 6.05. The fourth-order valence-corrected chi connectivity index (χ4v) is 2.91. The van der Waals surface area contributed by atoms with Crippen molar-refractivity contribution in [2.24, 2.45) is 0 Å². The van der Waals surface area contributed by atoms with Crippen molar-refractivity contribution in [1.82, 2.24) is 9.38 Å². The molecule has 0 aromatic carbocycles. The Balaban J connectivity index is 2.96. The molecule has 2 aromatic heterocycles. The number of hydrogen-bond acceptors (Lipinski definition) is 4. The Morgan fingerprint density at radius 3 is 2.63 bits per heavy atom. The standard InChI is InChI=1S/C11H10ClN3O3S/c1-6(2)10-11(19(16,17)18)15-5-8(12)7(4-13)3-9(15)14-10/h3,5-6H,1-2H3,(H,16,17,18). The summed E-state index contributed by atoms with van der Waals surface area (Å²) in [5.74, 6) is -0.207. The van der Waals surface area contributed by atoms with E-state index in [9.17, 15) is 13.0 Å². The quantitative estimate of drug-likeness (QED) is 0.858. The van der Waals surface area contributed by atoms with Crippen LogP contribution < -0.4 is 0 Å². The molecule has 0 atom stereocenters. The molecule has 0 saturated carbocycles. The SMILES string of the molecule is CC(C)c1nc2cc(C#N)c(Cl)cn2c1S(=O)(=O)O. The van der Waals surface area contributed by atoms with Crippen LogP contribution in [-0.2, 0) is 10.1 Å². The molecule has 0 fully saturated rings. The number of nitrogens with zero attached hydrogens (tertiary/aromatic N) is 3. The van der Waals surface area contributed by atoms with Gasteiger partial charge in [-0.2, -0.15) is 13.7 Å². The highest BCUT2D eigenvalue weighted by atomic mass is 35.5. The van der Waals surface area contributed by atoms with E-state index in [1.54, 1.807) is 13.8 Å². The molecule has 2 rings (SSSR count). The summed E-state index contributed by atoms with van der Waals surface area (Å²) in [6, 6.07) is 3.26. The van der Waals surface area contributed by atoms with Crippen molar-refractivity contribution >= 4 is 27.4 Å². The topological polar surface area (TPSA) is 95.5 Å². The summed E-state index contributed by atoms with van der Waals surface area (Å²) >= 11 is 5.87. The summed E-state index contributed by atoms with van der Waals surface area (Å²) in [6.07, 6.45) is 1.26. The molecule has 0 aliphatic heterocycles. The number of pyridine rings is 1. The van der Waals surface area contributed by atoms with Gasteiger partial charge in [0.2, 0.25) is 0 Å². The van der Waals surface area contributed by atoms with E-state index in [2.05, 4.69) is 4.98 Å². The minimum Gasteiger partial charge on any atom is -0.287 e. The van der Waals surface area contributed by atoms with Gasteiger partial charge in [-0.3, -0.25) is 8.95 Å². The largest absolute Gasteiger partial charge is 0.312 e. The molecule has 0 aliphatic carbocycles. The van der Waals surface area contributed by atoms with Gasteiger partial charge in [-0.25, -0.2) is 4.98 Å². The van der Waals surface area contributed by atoms with Crippen molar-refractivity contribution in [2.75, 3.05) is 0 Å². The number of hydrogen-bond donors (Lipinski definition) is 1. The van der Waals surface area contributed by atoms with Gasteiger partial charge >= 0.3 is 10.1 Å². The van der Waals surface area contributed by atoms with Gasteiger partial charge in [0.15, 0.2) is 5.03 Å². The summed E-state index contributed by atoms with van der Waals surface area (Å²) in [7, 11) is -4.44. The molecule has 0 spiro atoms. The Hall–Kier alpha value is -1.62. The van der Waals surface area contributed by atoms with Crippen LogP contribution in [0.4, 0.5) is 0 Å². The number of fused-ring (bicyclic) bond motifs is 1. The molecule has 0 unspecified atom stereocenters. The molecule has 1 N–H and O–H groups in total. The summed E-state index contributed by atoms with van der Waals surface area (Å²) in [5.41, 5.74) is 0.669. The van der Waals surface area contributed by atoms with Crippen LogP contribution in [0.15, 0.2) is 17.3 Å². The van der Waals surface area contributed by atoms with Crippen molar-refractivity contribution < 1.29 is 13.0 Å². The predicted molar refractivity (Wildman–Crippen MR) is 68.8 cm³/mol. The third kappa shape index (κ3) is 2.30. The monoisotopic (exact) mass is 299 g/mol. The highest BCUT2D eigenvalue weighted by Gasteiger charge is 2.25. The Morgan fingerprint density at radius 1 is 1.53 bits per heavy atom. The first-order valence-corrected chi connectivity index (χ1v) is 7.16. The zero-order valence-electron chi connectivity index (χ0n) is 10.1. The highest BCUT2D eigenvalue weighted by Crippen LogP contribution is 2.27. The first-order chi connectivity index (χ1) is 8.75. The Bertz CT molecular complexity index is 803. The first kappa shape index (κ1) is 13.8. The van der Waals surface area contributed by atoms with E-state index in [-0.39, 0.29) is 32.9 Å². The zero-order valence-corrected chi connectivity index (χ0v) is 11.7. The van der Waals surface area contributed by atoms with E-state index in [1.807, 2.05) is 6.07 Å². The highest BCUT2D eigenvalue weighted by molar-refractivity contribution is 7.85. The maximum atomic E-state index is 11.5.